The number of carbonyl (C=O) groups excluding carboxylic acids is 1. The molecule has 0 aliphatic carbocycles. The van der Waals surface area contributed by atoms with Crippen LogP contribution in [0.2, 0.25) is 0 Å². The number of aromatic nitrogens is 2. The van der Waals surface area contributed by atoms with E-state index in [2.05, 4.69) is 10.4 Å². The standard InChI is InChI=1S/C16H21FN4O2/c1-12(10-21-8-4-7-18-21)19-16(22)20(2)11-13-5-6-15(23-3)14(17)9-13/h4-9,12H,10-11H2,1-3H3,(H,19,22)/t12-/m1/s1. The first-order valence-electron chi connectivity index (χ1n) is 7.31. The third-order valence-corrected chi connectivity index (χ3v) is 3.37. The monoisotopic (exact) mass is 320 g/mol. The van der Waals surface area contributed by atoms with Crippen molar-refractivity contribution < 1.29 is 13.9 Å². The fourth-order valence-electron chi connectivity index (χ4n) is 2.21. The van der Waals surface area contributed by atoms with Gasteiger partial charge in [-0.2, -0.15) is 5.10 Å². The van der Waals surface area contributed by atoms with E-state index < -0.39 is 5.82 Å². The van der Waals surface area contributed by atoms with Crippen LogP contribution in [0.3, 0.4) is 0 Å². The predicted octanol–water partition coefficient (Wildman–Crippen LogP) is 2.26. The van der Waals surface area contributed by atoms with E-state index in [1.54, 1.807) is 30.1 Å². The zero-order valence-electron chi connectivity index (χ0n) is 13.5. The van der Waals surface area contributed by atoms with Crippen LogP contribution in [0.5, 0.6) is 5.75 Å². The van der Waals surface area contributed by atoms with Gasteiger partial charge >= 0.3 is 6.03 Å². The number of nitrogens with one attached hydrogen (secondary N) is 1. The Morgan fingerprint density at radius 3 is 2.91 bits per heavy atom. The quantitative estimate of drug-likeness (QED) is 0.888. The van der Waals surface area contributed by atoms with Crippen molar-refractivity contribution in [2.75, 3.05) is 14.2 Å². The average Bonchev–Trinajstić information content (AvgIpc) is 3.00. The van der Waals surface area contributed by atoms with Gasteiger partial charge in [0.15, 0.2) is 11.6 Å². The number of benzene rings is 1. The molecule has 0 bridgehead atoms. The molecule has 0 unspecified atom stereocenters. The highest BCUT2D eigenvalue weighted by Gasteiger charge is 2.14. The fraction of sp³-hybridized carbons (Fsp3) is 0.375. The van der Waals surface area contributed by atoms with Crippen molar-refractivity contribution in [1.82, 2.24) is 20.0 Å². The molecule has 1 atom stereocenters. The molecule has 2 amide bonds. The first kappa shape index (κ1) is 16.8. The van der Waals surface area contributed by atoms with Gasteiger partial charge in [-0.3, -0.25) is 4.68 Å². The Morgan fingerprint density at radius 2 is 2.30 bits per heavy atom. The molecule has 1 aromatic carbocycles. The Hall–Kier alpha value is -2.57. The Bertz CT molecular complexity index is 646. The lowest BCUT2D eigenvalue weighted by atomic mass is 10.2. The van der Waals surface area contributed by atoms with E-state index in [1.165, 1.54) is 18.1 Å². The molecular weight excluding hydrogens is 299 g/mol. The molecular formula is C16H21FN4O2. The van der Waals surface area contributed by atoms with Crippen LogP contribution in [-0.4, -0.2) is 40.9 Å². The molecule has 2 aromatic rings. The average molecular weight is 320 g/mol. The number of nitrogens with zero attached hydrogens (tertiary/aromatic N) is 3. The van der Waals surface area contributed by atoms with E-state index in [0.717, 1.165) is 0 Å². The number of methoxy groups -OCH3 is 1. The maximum Gasteiger partial charge on any atom is 0.317 e. The predicted molar refractivity (Wildman–Crippen MR) is 84.6 cm³/mol. The van der Waals surface area contributed by atoms with Crippen LogP contribution < -0.4 is 10.1 Å². The van der Waals surface area contributed by atoms with E-state index in [4.69, 9.17) is 4.74 Å². The van der Waals surface area contributed by atoms with Gasteiger partial charge in [-0.25, -0.2) is 9.18 Å². The zero-order valence-corrected chi connectivity index (χ0v) is 13.5. The number of hydrogen-bond acceptors (Lipinski definition) is 3. The molecule has 23 heavy (non-hydrogen) atoms. The summed E-state index contributed by atoms with van der Waals surface area (Å²) in [4.78, 5) is 13.7. The second-order valence-electron chi connectivity index (χ2n) is 5.40. The summed E-state index contributed by atoms with van der Waals surface area (Å²) in [6.07, 6.45) is 3.53. The Balaban J connectivity index is 1.88. The van der Waals surface area contributed by atoms with Crippen molar-refractivity contribution in [3.63, 3.8) is 0 Å². The van der Waals surface area contributed by atoms with Crippen molar-refractivity contribution in [3.8, 4) is 5.75 Å². The minimum absolute atomic E-state index is 0.0718. The van der Waals surface area contributed by atoms with Gasteiger partial charge in [0.05, 0.1) is 13.7 Å². The molecule has 0 aliphatic heterocycles. The SMILES string of the molecule is COc1ccc(CN(C)C(=O)N[C@H](C)Cn2cccn2)cc1F. The minimum atomic E-state index is -0.439. The molecule has 124 valence electrons. The summed E-state index contributed by atoms with van der Waals surface area (Å²) in [6, 6.07) is 6.20. The van der Waals surface area contributed by atoms with E-state index >= 15 is 0 Å². The molecule has 6 nitrogen and oxygen atoms in total. The minimum Gasteiger partial charge on any atom is -0.494 e. The maximum atomic E-state index is 13.7. The van der Waals surface area contributed by atoms with Gasteiger partial charge in [0.1, 0.15) is 0 Å². The van der Waals surface area contributed by atoms with E-state index in [-0.39, 0.29) is 17.8 Å². The summed E-state index contributed by atoms with van der Waals surface area (Å²) in [5.41, 5.74) is 0.695. The van der Waals surface area contributed by atoms with Crippen molar-refractivity contribution in [2.24, 2.45) is 0 Å². The van der Waals surface area contributed by atoms with Crippen LogP contribution in [0, 0.1) is 5.82 Å². The van der Waals surface area contributed by atoms with Crippen LogP contribution in [0.15, 0.2) is 36.7 Å². The maximum absolute atomic E-state index is 13.7. The van der Waals surface area contributed by atoms with Gasteiger partial charge in [0.25, 0.3) is 0 Å². The number of ether oxygens (including phenoxy) is 1. The third kappa shape index (κ3) is 4.70. The molecule has 0 aliphatic rings. The van der Waals surface area contributed by atoms with Gasteiger partial charge in [-0.15, -0.1) is 0 Å². The number of amides is 2. The second kappa shape index (κ2) is 7.62. The topological polar surface area (TPSA) is 59.4 Å². The molecule has 0 saturated carbocycles. The lowest BCUT2D eigenvalue weighted by molar-refractivity contribution is 0.202. The third-order valence-electron chi connectivity index (χ3n) is 3.37. The Kier molecular flexibility index (Phi) is 5.56. The van der Waals surface area contributed by atoms with Crippen LogP contribution in [0.1, 0.15) is 12.5 Å². The smallest absolute Gasteiger partial charge is 0.317 e. The lowest BCUT2D eigenvalue weighted by Crippen LogP contribution is -2.43. The second-order valence-corrected chi connectivity index (χ2v) is 5.40. The Labute approximate surface area is 134 Å². The van der Waals surface area contributed by atoms with Crippen LogP contribution in [-0.2, 0) is 13.1 Å². The van der Waals surface area contributed by atoms with E-state index in [1.807, 2.05) is 19.2 Å². The van der Waals surface area contributed by atoms with Gasteiger partial charge in [0, 0.05) is 32.0 Å². The largest absolute Gasteiger partial charge is 0.494 e. The summed E-state index contributed by atoms with van der Waals surface area (Å²) < 4.78 is 20.3. The molecule has 1 N–H and O–H groups in total. The summed E-state index contributed by atoms with van der Waals surface area (Å²) in [5, 5.41) is 6.98. The first-order valence-corrected chi connectivity index (χ1v) is 7.31. The fourth-order valence-corrected chi connectivity index (χ4v) is 2.21. The van der Waals surface area contributed by atoms with Gasteiger partial charge in [0.2, 0.25) is 0 Å². The summed E-state index contributed by atoms with van der Waals surface area (Å²) in [6.45, 7) is 2.80. The number of urea groups is 1. The van der Waals surface area contributed by atoms with Crippen LogP contribution in [0.4, 0.5) is 9.18 Å². The highest BCUT2D eigenvalue weighted by Crippen LogP contribution is 2.18. The first-order chi connectivity index (χ1) is 11.0. The molecule has 2 rings (SSSR count). The van der Waals surface area contributed by atoms with Crippen molar-refractivity contribution in [1.29, 1.82) is 0 Å². The summed E-state index contributed by atoms with van der Waals surface area (Å²) in [7, 11) is 3.08. The summed E-state index contributed by atoms with van der Waals surface area (Å²) >= 11 is 0. The van der Waals surface area contributed by atoms with Gasteiger partial charge in [-0.1, -0.05) is 6.07 Å². The van der Waals surface area contributed by atoms with Crippen LogP contribution in [0.25, 0.3) is 0 Å². The summed E-state index contributed by atoms with van der Waals surface area (Å²) in [5.74, 6) is -0.250. The number of carbonyl (C=O) groups is 1. The number of halogens is 1. The van der Waals surface area contributed by atoms with E-state index in [9.17, 15) is 9.18 Å². The van der Waals surface area contributed by atoms with Gasteiger partial charge in [-0.05, 0) is 30.7 Å². The van der Waals surface area contributed by atoms with Crippen molar-refractivity contribution >= 4 is 6.03 Å². The highest BCUT2D eigenvalue weighted by molar-refractivity contribution is 5.74. The molecule has 1 aromatic heterocycles. The number of hydrogen-bond donors (Lipinski definition) is 1. The molecule has 1 heterocycles. The Morgan fingerprint density at radius 1 is 1.52 bits per heavy atom. The number of rotatable bonds is 6. The highest BCUT2D eigenvalue weighted by atomic mass is 19.1. The lowest BCUT2D eigenvalue weighted by Gasteiger charge is -2.21. The zero-order chi connectivity index (χ0) is 16.8. The van der Waals surface area contributed by atoms with Crippen molar-refractivity contribution in [2.45, 2.75) is 26.1 Å². The molecule has 0 radical (unpaired) electrons. The molecule has 0 fully saturated rings. The van der Waals surface area contributed by atoms with Gasteiger partial charge < -0.3 is 15.0 Å². The van der Waals surface area contributed by atoms with Crippen molar-refractivity contribution in [3.05, 3.63) is 48.0 Å². The van der Waals surface area contributed by atoms with Crippen LogP contribution >= 0.6 is 0 Å². The van der Waals surface area contributed by atoms with E-state index in [0.29, 0.717) is 18.7 Å². The molecule has 0 saturated heterocycles. The molecule has 7 heteroatoms. The molecule has 0 spiro atoms. The normalized spacial score (nSPS) is 11.8.